The molecule has 1 aromatic carbocycles. The van der Waals surface area contributed by atoms with Crippen molar-refractivity contribution in [3.63, 3.8) is 0 Å². The van der Waals surface area contributed by atoms with Gasteiger partial charge in [-0.2, -0.15) is 18.3 Å². The Labute approximate surface area is 173 Å². The first kappa shape index (κ1) is 19.9. The second-order valence-corrected chi connectivity index (χ2v) is 7.01. The molecule has 0 bridgehead atoms. The summed E-state index contributed by atoms with van der Waals surface area (Å²) in [5.74, 6) is -1.15. The lowest BCUT2D eigenvalue weighted by Crippen LogP contribution is -2.04. The Bertz CT molecular complexity index is 1250. The minimum atomic E-state index is -4.44. The summed E-state index contributed by atoms with van der Waals surface area (Å²) in [4.78, 5) is 15.4. The van der Waals surface area contributed by atoms with Crippen LogP contribution in [-0.4, -0.2) is 25.7 Å². The standard InChI is InChI=1S/C21H13ClF3N3O2/c22-14-8-9-18-16(10-15-2-1-3-17(26-15)20(29)30)19(27-28(18)11-14)12-4-6-13(7-5-12)21(23,24)25/h1-9,11H,10H2,(H,29,30). The number of halogens is 4. The van der Waals surface area contributed by atoms with E-state index >= 15 is 0 Å². The maximum absolute atomic E-state index is 12.9. The predicted octanol–water partition coefficient (Wildman–Crippen LogP) is 5.36. The molecule has 1 N–H and O–H groups in total. The zero-order valence-electron chi connectivity index (χ0n) is 15.2. The number of carboxylic acid groups (broad SMARTS) is 1. The molecule has 9 heteroatoms. The van der Waals surface area contributed by atoms with Crippen molar-refractivity contribution in [2.75, 3.05) is 0 Å². The van der Waals surface area contributed by atoms with Crippen molar-refractivity contribution >= 4 is 23.1 Å². The molecule has 0 atom stereocenters. The van der Waals surface area contributed by atoms with Gasteiger partial charge in [0.25, 0.3) is 0 Å². The van der Waals surface area contributed by atoms with Crippen LogP contribution < -0.4 is 0 Å². The van der Waals surface area contributed by atoms with Crippen LogP contribution in [-0.2, 0) is 12.6 Å². The second-order valence-electron chi connectivity index (χ2n) is 6.58. The molecule has 0 unspecified atom stereocenters. The Morgan fingerprint density at radius 3 is 2.47 bits per heavy atom. The van der Waals surface area contributed by atoms with E-state index in [1.165, 1.54) is 18.2 Å². The molecular formula is C21H13ClF3N3O2. The van der Waals surface area contributed by atoms with Crippen molar-refractivity contribution in [3.8, 4) is 11.3 Å². The van der Waals surface area contributed by atoms with Gasteiger partial charge in [0.15, 0.2) is 0 Å². The molecule has 0 spiro atoms. The zero-order chi connectivity index (χ0) is 21.5. The Morgan fingerprint density at radius 2 is 1.80 bits per heavy atom. The van der Waals surface area contributed by atoms with Gasteiger partial charge in [-0.3, -0.25) is 0 Å². The van der Waals surface area contributed by atoms with Crippen LogP contribution in [0.3, 0.4) is 0 Å². The Kier molecular flexibility index (Phi) is 4.95. The molecule has 3 heterocycles. The van der Waals surface area contributed by atoms with Crippen LogP contribution >= 0.6 is 11.6 Å². The van der Waals surface area contributed by atoms with Crippen molar-refractivity contribution in [1.29, 1.82) is 0 Å². The predicted molar refractivity (Wildman–Crippen MR) is 105 cm³/mol. The SMILES string of the molecule is O=C(O)c1cccc(Cc2c(-c3ccc(C(F)(F)F)cc3)nn3cc(Cl)ccc23)n1. The number of carboxylic acids is 1. The van der Waals surface area contributed by atoms with Crippen LogP contribution in [0.4, 0.5) is 13.2 Å². The summed E-state index contributed by atoms with van der Waals surface area (Å²) < 4.78 is 40.3. The fourth-order valence-corrected chi connectivity index (χ4v) is 3.33. The number of pyridine rings is 2. The summed E-state index contributed by atoms with van der Waals surface area (Å²) in [5, 5.41) is 14.1. The number of nitrogens with zero attached hydrogens (tertiary/aromatic N) is 3. The van der Waals surface area contributed by atoms with Gasteiger partial charge in [-0.1, -0.05) is 29.8 Å². The second kappa shape index (κ2) is 7.46. The van der Waals surface area contributed by atoms with Gasteiger partial charge in [-0.05, 0) is 36.4 Å². The van der Waals surface area contributed by atoms with Crippen LogP contribution in [0.25, 0.3) is 16.8 Å². The third-order valence-electron chi connectivity index (χ3n) is 4.57. The number of hydrogen-bond acceptors (Lipinski definition) is 3. The van der Waals surface area contributed by atoms with Gasteiger partial charge < -0.3 is 5.11 Å². The number of benzene rings is 1. The molecule has 152 valence electrons. The first-order chi connectivity index (χ1) is 14.2. The van der Waals surface area contributed by atoms with Crippen LogP contribution in [0.2, 0.25) is 5.02 Å². The number of fused-ring (bicyclic) bond motifs is 1. The number of aromatic nitrogens is 3. The van der Waals surface area contributed by atoms with E-state index in [1.807, 2.05) is 0 Å². The van der Waals surface area contributed by atoms with E-state index < -0.39 is 17.7 Å². The van der Waals surface area contributed by atoms with E-state index in [0.29, 0.717) is 33.1 Å². The quantitative estimate of drug-likeness (QED) is 0.472. The van der Waals surface area contributed by atoms with Gasteiger partial charge in [0.2, 0.25) is 0 Å². The fourth-order valence-electron chi connectivity index (χ4n) is 3.18. The minimum Gasteiger partial charge on any atom is -0.477 e. The van der Waals surface area contributed by atoms with Crippen LogP contribution in [0.5, 0.6) is 0 Å². The van der Waals surface area contributed by atoms with Crippen LogP contribution in [0.15, 0.2) is 60.8 Å². The molecule has 0 amide bonds. The maximum Gasteiger partial charge on any atom is 0.416 e. The third-order valence-corrected chi connectivity index (χ3v) is 4.79. The average molecular weight is 432 g/mol. The van der Waals surface area contributed by atoms with Crippen molar-refractivity contribution in [2.24, 2.45) is 0 Å². The minimum absolute atomic E-state index is 0.0944. The lowest BCUT2D eigenvalue weighted by Gasteiger charge is -2.08. The maximum atomic E-state index is 12.9. The third kappa shape index (κ3) is 3.86. The molecule has 3 aromatic heterocycles. The zero-order valence-corrected chi connectivity index (χ0v) is 15.9. The summed E-state index contributed by atoms with van der Waals surface area (Å²) >= 11 is 6.05. The lowest BCUT2D eigenvalue weighted by molar-refractivity contribution is -0.137. The Balaban J connectivity index is 1.84. The Hall–Kier alpha value is -3.39. The summed E-state index contributed by atoms with van der Waals surface area (Å²) in [5.41, 5.74) is 1.99. The number of rotatable bonds is 4. The first-order valence-corrected chi connectivity index (χ1v) is 9.14. The van der Waals surface area contributed by atoms with E-state index in [-0.39, 0.29) is 12.1 Å². The monoisotopic (exact) mass is 431 g/mol. The van der Waals surface area contributed by atoms with E-state index in [2.05, 4.69) is 10.1 Å². The summed E-state index contributed by atoms with van der Waals surface area (Å²) in [6.07, 6.45) is -2.60. The highest BCUT2D eigenvalue weighted by Gasteiger charge is 2.30. The van der Waals surface area contributed by atoms with E-state index in [1.54, 1.807) is 35.0 Å². The summed E-state index contributed by atoms with van der Waals surface area (Å²) in [7, 11) is 0. The van der Waals surface area contributed by atoms with Crippen molar-refractivity contribution in [3.05, 3.63) is 88.3 Å². The van der Waals surface area contributed by atoms with Gasteiger partial charge in [0.1, 0.15) is 5.69 Å². The first-order valence-electron chi connectivity index (χ1n) is 8.76. The highest BCUT2D eigenvalue weighted by atomic mass is 35.5. The number of hydrogen-bond donors (Lipinski definition) is 1. The van der Waals surface area contributed by atoms with Gasteiger partial charge in [-0.15, -0.1) is 0 Å². The molecule has 0 aliphatic heterocycles. The van der Waals surface area contributed by atoms with Crippen molar-refractivity contribution in [1.82, 2.24) is 14.6 Å². The highest BCUT2D eigenvalue weighted by Crippen LogP contribution is 2.33. The van der Waals surface area contributed by atoms with Gasteiger partial charge in [0.05, 0.1) is 21.8 Å². The number of carbonyl (C=O) groups is 1. The van der Waals surface area contributed by atoms with Gasteiger partial charge in [0, 0.05) is 29.4 Å². The molecular weight excluding hydrogens is 419 g/mol. The van der Waals surface area contributed by atoms with Crippen LogP contribution in [0.1, 0.15) is 27.3 Å². The molecule has 0 fully saturated rings. The molecule has 4 aromatic rings. The van der Waals surface area contributed by atoms with Crippen LogP contribution in [0, 0.1) is 0 Å². The lowest BCUT2D eigenvalue weighted by atomic mass is 10.0. The number of aromatic carboxylic acids is 1. The van der Waals surface area contributed by atoms with E-state index in [4.69, 9.17) is 11.6 Å². The molecule has 0 aliphatic rings. The summed E-state index contributed by atoms with van der Waals surface area (Å²) in [6, 6.07) is 12.8. The molecule has 0 saturated carbocycles. The molecule has 30 heavy (non-hydrogen) atoms. The van der Waals surface area contributed by atoms with Gasteiger partial charge in [-0.25, -0.2) is 14.3 Å². The number of alkyl halides is 3. The highest BCUT2D eigenvalue weighted by molar-refractivity contribution is 6.30. The largest absolute Gasteiger partial charge is 0.477 e. The van der Waals surface area contributed by atoms with E-state index in [0.717, 1.165) is 12.1 Å². The molecule has 5 nitrogen and oxygen atoms in total. The fraction of sp³-hybridized carbons (Fsp3) is 0.0952. The topological polar surface area (TPSA) is 67.5 Å². The molecule has 0 saturated heterocycles. The normalized spacial score (nSPS) is 11.7. The van der Waals surface area contributed by atoms with E-state index in [9.17, 15) is 23.1 Å². The Morgan fingerprint density at radius 1 is 1.07 bits per heavy atom. The summed E-state index contributed by atoms with van der Waals surface area (Å²) in [6.45, 7) is 0. The van der Waals surface area contributed by atoms with Gasteiger partial charge >= 0.3 is 12.1 Å². The molecule has 0 radical (unpaired) electrons. The average Bonchev–Trinajstić information content (AvgIpc) is 3.05. The van der Waals surface area contributed by atoms with Crippen molar-refractivity contribution in [2.45, 2.75) is 12.6 Å². The molecule has 4 rings (SSSR count). The van der Waals surface area contributed by atoms with Crippen molar-refractivity contribution < 1.29 is 23.1 Å². The molecule has 0 aliphatic carbocycles. The smallest absolute Gasteiger partial charge is 0.416 e.